The molecule has 2 amide bonds. The fraction of sp³-hybridized carbons (Fsp3) is 0.375. The predicted octanol–water partition coefficient (Wildman–Crippen LogP) is 2.00. The van der Waals surface area contributed by atoms with Crippen molar-refractivity contribution in [3.63, 3.8) is 0 Å². The van der Waals surface area contributed by atoms with Gasteiger partial charge in [-0.15, -0.1) is 0 Å². The minimum absolute atomic E-state index is 0.0622. The number of hydrogen-bond donors (Lipinski definition) is 2. The zero-order chi connectivity index (χ0) is 22.8. The summed E-state index contributed by atoms with van der Waals surface area (Å²) in [7, 11) is 1.67. The van der Waals surface area contributed by atoms with Crippen LogP contribution in [0.25, 0.3) is 0 Å². The quantitative estimate of drug-likeness (QED) is 0.722. The smallest absolute Gasteiger partial charge is 0.228 e. The fourth-order valence-corrected chi connectivity index (χ4v) is 4.39. The number of fused-ring (bicyclic) bond motifs is 1. The molecule has 1 fully saturated rings. The van der Waals surface area contributed by atoms with Crippen LogP contribution in [0.4, 0.5) is 10.1 Å². The maximum absolute atomic E-state index is 14.2. The number of anilines is 1. The van der Waals surface area contributed by atoms with Crippen molar-refractivity contribution in [1.29, 1.82) is 5.26 Å². The average molecular weight is 436 g/mol. The van der Waals surface area contributed by atoms with Crippen LogP contribution >= 0.6 is 0 Å². The number of rotatable bonds is 6. The van der Waals surface area contributed by atoms with E-state index < -0.39 is 18.0 Å². The third-order valence-corrected chi connectivity index (χ3v) is 6.13. The molecule has 32 heavy (non-hydrogen) atoms. The van der Waals surface area contributed by atoms with Gasteiger partial charge in [-0.2, -0.15) is 5.26 Å². The molecule has 2 aliphatic rings. The van der Waals surface area contributed by atoms with Gasteiger partial charge < -0.3 is 15.3 Å². The summed E-state index contributed by atoms with van der Waals surface area (Å²) in [6, 6.07) is 11.1. The lowest BCUT2D eigenvalue weighted by atomic mass is 10.0. The van der Waals surface area contributed by atoms with Gasteiger partial charge in [0, 0.05) is 32.4 Å². The lowest BCUT2D eigenvalue weighted by Crippen LogP contribution is -2.39. The van der Waals surface area contributed by atoms with Gasteiger partial charge in [0.05, 0.1) is 36.6 Å². The summed E-state index contributed by atoms with van der Waals surface area (Å²) in [6.45, 7) is 1.60. The highest BCUT2D eigenvalue weighted by Crippen LogP contribution is 2.27. The largest absolute Gasteiger partial charge is 0.392 e. The Morgan fingerprint density at radius 1 is 1.38 bits per heavy atom. The van der Waals surface area contributed by atoms with Gasteiger partial charge in [-0.25, -0.2) is 4.39 Å². The van der Waals surface area contributed by atoms with Crippen molar-refractivity contribution in [2.75, 3.05) is 32.0 Å². The second-order valence-electron chi connectivity index (χ2n) is 8.50. The van der Waals surface area contributed by atoms with E-state index >= 15 is 0 Å². The van der Waals surface area contributed by atoms with E-state index in [1.54, 1.807) is 18.0 Å². The third kappa shape index (κ3) is 4.79. The molecule has 7 nitrogen and oxygen atoms in total. The summed E-state index contributed by atoms with van der Waals surface area (Å²) >= 11 is 0. The molecular weight excluding hydrogens is 411 g/mol. The summed E-state index contributed by atoms with van der Waals surface area (Å²) in [6.07, 6.45) is 0.700. The number of benzene rings is 2. The minimum atomic E-state index is -0.527. The van der Waals surface area contributed by atoms with E-state index in [2.05, 4.69) is 5.32 Å². The Hall–Kier alpha value is -3.28. The van der Waals surface area contributed by atoms with E-state index in [1.807, 2.05) is 29.2 Å². The van der Waals surface area contributed by atoms with Crippen LogP contribution < -0.4 is 5.32 Å². The lowest BCUT2D eigenvalue weighted by molar-refractivity contribution is -0.131. The van der Waals surface area contributed by atoms with Crippen molar-refractivity contribution in [1.82, 2.24) is 9.80 Å². The second kappa shape index (κ2) is 9.07. The van der Waals surface area contributed by atoms with Gasteiger partial charge >= 0.3 is 0 Å². The van der Waals surface area contributed by atoms with Gasteiger partial charge in [-0.1, -0.05) is 12.1 Å². The number of nitrogens with one attached hydrogen (secondary N) is 1. The monoisotopic (exact) mass is 436 g/mol. The molecule has 1 unspecified atom stereocenters. The van der Waals surface area contributed by atoms with Crippen molar-refractivity contribution >= 4 is 17.5 Å². The Morgan fingerprint density at radius 3 is 2.91 bits per heavy atom. The van der Waals surface area contributed by atoms with Crippen LogP contribution in [0, 0.1) is 17.1 Å². The van der Waals surface area contributed by atoms with E-state index in [4.69, 9.17) is 0 Å². The van der Waals surface area contributed by atoms with E-state index in [0.717, 1.165) is 16.8 Å². The number of nitriles is 1. The first-order chi connectivity index (χ1) is 15.3. The predicted molar refractivity (Wildman–Crippen MR) is 116 cm³/mol. The lowest BCUT2D eigenvalue weighted by Gasteiger charge is -2.32. The number of nitrogens with zero attached hydrogens (tertiary/aromatic N) is 3. The zero-order valence-corrected chi connectivity index (χ0v) is 17.8. The molecule has 0 aliphatic carbocycles. The molecule has 2 aromatic carbocycles. The SMILES string of the molecule is CN(C(=O)Cc1ccc2c(c1)NC(=O)C2)C(CN1CC[C@H](O)C1)c1cc(F)cc(C#N)c1. The molecule has 2 aliphatic heterocycles. The van der Waals surface area contributed by atoms with Gasteiger partial charge in [-0.3, -0.25) is 14.5 Å². The van der Waals surface area contributed by atoms with Crippen molar-refractivity contribution < 1.29 is 19.1 Å². The molecule has 2 aromatic rings. The van der Waals surface area contributed by atoms with Crippen molar-refractivity contribution in [3.05, 3.63) is 64.5 Å². The van der Waals surface area contributed by atoms with Crippen LogP contribution in [0.5, 0.6) is 0 Å². The highest BCUT2D eigenvalue weighted by atomic mass is 19.1. The van der Waals surface area contributed by atoms with Crippen molar-refractivity contribution in [2.45, 2.75) is 31.4 Å². The Labute approximate surface area is 186 Å². The second-order valence-corrected chi connectivity index (χ2v) is 8.50. The van der Waals surface area contributed by atoms with Crippen LogP contribution in [0.1, 0.15) is 34.7 Å². The highest BCUT2D eigenvalue weighted by Gasteiger charge is 2.29. The standard InChI is InChI=1S/C24H25FN4O3/c1-28(24(32)9-15-2-3-17-11-23(31)27-21(17)8-15)22(14-29-5-4-20(30)13-29)18-6-16(12-26)7-19(25)10-18/h2-3,6-8,10,20,22,30H,4-5,9,11,13-14H2,1H3,(H,27,31)/t20-,22?/m0/s1. The summed E-state index contributed by atoms with van der Waals surface area (Å²) in [4.78, 5) is 28.4. The topological polar surface area (TPSA) is 96.7 Å². The van der Waals surface area contributed by atoms with Gasteiger partial charge in [0.25, 0.3) is 0 Å². The number of likely N-dealkylation sites (tertiary alicyclic amines) is 1. The Balaban J connectivity index is 1.56. The number of β-amino-alcohol motifs (C(OH)–C–C–N with tert-alkyl or cyclic N) is 1. The molecule has 2 N–H and O–H groups in total. The third-order valence-electron chi connectivity index (χ3n) is 6.13. The molecule has 0 saturated carbocycles. The molecule has 2 atom stereocenters. The fourth-order valence-electron chi connectivity index (χ4n) is 4.39. The molecule has 8 heteroatoms. The number of aliphatic hydroxyl groups excluding tert-OH is 1. The maximum Gasteiger partial charge on any atom is 0.228 e. The summed E-state index contributed by atoms with van der Waals surface area (Å²) < 4.78 is 14.2. The zero-order valence-electron chi connectivity index (χ0n) is 17.8. The first-order valence-electron chi connectivity index (χ1n) is 10.6. The Kier molecular flexibility index (Phi) is 6.21. The van der Waals surface area contributed by atoms with Crippen LogP contribution in [0.15, 0.2) is 36.4 Å². The molecule has 166 valence electrons. The Morgan fingerprint density at radius 2 is 2.19 bits per heavy atom. The molecule has 0 bridgehead atoms. The van der Waals surface area contributed by atoms with E-state index in [0.29, 0.717) is 38.0 Å². The number of aliphatic hydroxyl groups is 1. The molecule has 4 rings (SSSR count). The van der Waals surface area contributed by atoms with Crippen LogP contribution in [0.2, 0.25) is 0 Å². The molecule has 0 radical (unpaired) electrons. The van der Waals surface area contributed by atoms with Crippen LogP contribution in [0.3, 0.4) is 0 Å². The molecular formula is C24H25FN4O3. The molecule has 2 heterocycles. The van der Waals surface area contributed by atoms with Crippen molar-refractivity contribution in [3.8, 4) is 6.07 Å². The van der Waals surface area contributed by atoms with E-state index in [-0.39, 0.29) is 23.8 Å². The minimum Gasteiger partial charge on any atom is -0.392 e. The van der Waals surface area contributed by atoms with E-state index in [1.165, 1.54) is 12.1 Å². The number of halogens is 1. The molecule has 0 aromatic heterocycles. The van der Waals surface area contributed by atoms with Gasteiger partial charge in [-0.05, 0) is 47.4 Å². The molecule has 1 saturated heterocycles. The first-order valence-corrected chi connectivity index (χ1v) is 10.6. The van der Waals surface area contributed by atoms with E-state index in [9.17, 15) is 24.3 Å². The summed E-state index contributed by atoms with van der Waals surface area (Å²) in [5.41, 5.74) is 3.15. The number of hydrogen-bond acceptors (Lipinski definition) is 5. The van der Waals surface area contributed by atoms with Gasteiger partial charge in [0.15, 0.2) is 0 Å². The van der Waals surface area contributed by atoms with Gasteiger partial charge in [0.2, 0.25) is 11.8 Å². The number of amides is 2. The van der Waals surface area contributed by atoms with Crippen LogP contribution in [-0.2, 0) is 22.4 Å². The Bertz CT molecular complexity index is 1100. The maximum atomic E-state index is 14.2. The summed E-state index contributed by atoms with van der Waals surface area (Å²) in [5, 5.41) is 21.9. The average Bonchev–Trinajstić information content (AvgIpc) is 3.34. The first kappa shape index (κ1) is 21.9. The van der Waals surface area contributed by atoms with Crippen LogP contribution in [-0.4, -0.2) is 59.5 Å². The molecule has 0 spiro atoms. The van der Waals surface area contributed by atoms with Gasteiger partial charge in [0.1, 0.15) is 5.82 Å². The summed E-state index contributed by atoms with van der Waals surface area (Å²) in [5.74, 6) is -0.754. The number of likely N-dealkylation sites (N-methyl/N-ethyl adjacent to an activating group) is 1. The van der Waals surface area contributed by atoms with Crippen molar-refractivity contribution in [2.24, 2.45) is 0 Å². The number of carbonyl (C=O) groups excluding carboxylic acids is 2. The number of carbonyl (C=O) groups is 2. The highest BCUT2D eigenvalue weighted by molar-refractivity contribution is 5.99. The normalized spacial score (nSPS) is 18.7.